The largest absolute Gasteiger partial charge is 0.494 e. The Morgan fingerprint density at radius 1 is 1.07 bits per heavy atom. The summed E-state index contributed by atoms with van der Waals surface area (Å²) in [6.45, 7) is 2.84. The van der Waals surface area contributed by atoms with E-state index in [2.05, 4.69) is 52.4 Å². The van der Waals surface area contributed by atoms with Crippen LogP contribution in [0.5, 0.6) is 5.75 Å². The van der Waals surface area contributed by atoms with E-state index in [-0.39, 0.29) is 18.0 Å². The Labute approximate surface area is 247 Å². The topological polar surface area (TPSA) is 81.6 Å². The van der Waals surface area contributed by atoms with Crippen LogP contribution in [0.15, 0.2) is 36.4 Å². The first kappa shape index (κ1) is 26.1. The highest BCUT2D eigenvalue weighted by Crippen LogP contribution is 2.41. The fourth-order valence-electron chi connectivity index (χ4n) is 7.60. The van der Waals surface area contributed by atoms with Crippen LogP contribution in [0.25, 0.3) is 33.5 Å². The van der Waals surface area contributed by atoms with Gasteiger partial charge in [0.15, 0.2) is 5.82 Å². The maximum absolute atomic E-state index is 13.7. The van der Waals surface area contributed by atoms with E-state index in [4.69, 9.17) is 15.5 Å². The van der Waals surface area contributed by atoms with Crippen molar-refractivity contribution in [3.63, 3.8) is 0 Å². The summed E-state index contributed by atoms with van der Waals surface area (Å²) in [5, 5.41) is 1.24. The summed E-state index contributed by atoms with van der Waals surface area (Å²) in [5.41, 5.74) is 12.4. The summed E-state index contributed by atoms with van der Waals surface area (Å²) in [5.74, 6) is 3.66. The molecule has 42 heavy (non-hydrogen) atoms. The van der Waals surface area contributed by atoms with Gasteiger partial charge < -0.3 is 29.4 Å². The fraction of sp³-hybridized carbons (Fsp3) is 0.529. The number of likely N-dealkylation sites (tertiary alicyclic amines) is 1. The summed E-state index contributed by atoms with van der Waals surface area (Å²) < 4.78 is 10.5. The lowest BCUT2D eigenvalue weighted by molar-refractivity contribution is 0.0700. The van der Waals surface area contributed by atoms with Crippen molar-refractivity contribution < 1.29 is 9.53 Å². The molecule has 8 rings (SSSR count). The highest BCUT2D eigenvalue weighted by atomic mass is 16.5. The molecule has 1 saturated heterocycles. The smallest absolute Gasteiger partial charge is 0.254 e. The number of methoxy groups -OCH3 is 1. The number of rotatable bonds is 9. The molecule has 4 aliphatic rings. The predicted octanol–water partition coefficient (Wildman–Crippen LogP) is 5.41. The van der Waals surface area contributed by atoms with Gasteiger partial charge in [-0.15, -0.1) is 0 Å². The summed E-state index contributed by atoms with van der Waals surface area (Å²) in [6, 6.07) is 13.2. The number of carbonyl (C=O) groups is 1. The molecular formula is C34H42N6O2. The minimum atomic E-state index is 0.0336. The molecule has 0 spiro atoms. The number of imidazole rings is 1. The van der Waals surface area contributed by atoms with E-state index >= 15 is 0 Å². The lowest BCUT2D eigenvalue weighted by Crippen LogP contribution is -2.41. The zero-order valence-corrected chi connectivity index (χ0v) is 25.1. The van der Waals surface area contributed by atoms with Crippen LogP contribution in [-0.4, -0.2) is 64.3 Å². The molecule has 3 heterocycles. The summed E-state index contributed by atoms with van der Waals surface area (Å²) in [4.78, 5) is 23.3. The SMILES string of the molecule is COc1cc(C(=O)N2C[C@H]3CC[C@@H]2[C@H]3N)cc2nc(-c3cc4ccc(N(C)CCC5CC5)cc4n3CC3CC3)n(C)c12. The standard InChI is InChI=1S/C34H42N6O2/c1-37(13-12-20-4-5-20)25-10-8-22-15-29(39(28(22)17-25)18-21-6-7-21)33-36-26-14-24(16-30(42-3)32(26)38(33)2)34(41)40-19-23-9-11-27(40)31(23)35/h8,10,14-17,20-21,23,27,31H,4-7,9,11-13,18-19,35H2,1-3H3/t23-,27-,31+/m1/s1. The van der Waals surface area contributed by atoms with Crippen LogP contribution in [0, 0.1) is 17.8 Å². The van der Waals surface area contributed by atoms with Crippen LogP contribution in [-0.2, 0) is 13.6 Å². The first-order valence-electron chi connectivity index (χ1n) is 15.9. The van der Waals surface area contributed by atoms with Gasteiger partial charge in [-0.3, -0.25) is 4.79 Å². The van der Waals surface area contributed by atoms with Gasteiger partial charge in [-0.2, -0.15) is 0 Å². The predicted molar refractivity (Wildman–Crippen MR) is 167 cm³/mol. The van der Waals surface area contributed by atoms with Crippen molar-refractivity contribution in [3.05, 3.63) is 42.0 Å². The normalized spacial score (nSPS) is 23.4. The Balaban J connectivity index is 1.19. The van der Waals surface area contributed by atoms with Gasteiger partial charge in [-0.1, -0.05) is 18.9 Å². The maximum atomic E-state index is 13.7. The third kappa shape index (κ3) is 4.29. The van der Waals surface area contributed by atoms with Gasteiger partial charge in [0.2, 0.25) is 0 Å². The molecule has 1 amide bonds. The van der Waals surface area contributed by atoms with Crippen LogP contribution < -0.4 is 15.4 Å². The number of ether oxygens (including phenoxy) is 1. The first-order valence-corrected chi connectivity index (χ1v) is 15.9. The lowest BCUT2D eigenvalue weighted by Gasteiger charge is -2.27. The molecule has 2 aromatic heterocycles. The van der Waals surface area contributed by atoms with Gasteiger partial charge in [0.05, 0.1) is 23.8 Å². The second-order valence-electron chi connectivity index (χ2n) is 13.5. The number of hydrogen-bond acceptors (Lipinski definition) is 5. The van der Waals surface area contributed by atoms with Crippen molar-refractivity contribution in [2.45, 2.75) is 63.6 Å². The number of aromatic nitrogens is 3. The van der Waals surface area contributed by atoms with E-state index < -0.39 is 0 Å². The number of carbonyl (C=O) groups excluding carboxylic acids is 1. The molecule has 1 aliphatic heterocycles. The zero-order chi connectivity index (χ0) is 28.7. The molecule has 2 aromatic carbocycles. The molecule has 0 radical (unpaired) electrons. The monoisotopic (exact) mass is 566 g/mol. The highest BCUT2D eigenvalue weighted by molar-refractivity contribution is 6.00. The minimum Gasteiger partial charge on any atom is -0.494 e. The number of aryl methyl sites for hydroxylation is 1. The third-order valence-electron chi connectivity index (χ3n) is 10.6. The molecule has 3 atom stereocenters. The quantitative estimate of drug-likeness (QED) is 0.293. The Morgan fingerprint density at radius 2 is 1.88 bits per heavy atom. The number of nitrogens with two attached hydrogens (primary N) is 1. The summed E-state index contributed by atoms with van der Waals surface area (Å²) >= 11 is 0. The molecule has 8 nitrogen and oxygen atoms in total. The van der Waals surface area contributed by atoms with Crippen LogP contribution in [0.2, 0.25) is 0 Å². The number of benzene rings is 2. The van der Waals surface area contributed by atoms with Crippen molar-refractivity contribution in [3.8, 4) is 17.3 Å². The lowest BCUT2D eigenvalue weighted by atomic mass is 10.1. The van der Waals surface area contributed by atoms with Crippen LogP contribution in [0.3, 0.4) is 0 Å². The van der Waals surface area contributed by atoms with Gasteiger partial charge in [-0.25, -0.2) is 4.98 Å². The van der Waals surface area contributed by atoms with Crippen molar-refractivity contribution in [1.29, 1.82) is 0 Å². The van der Waals surface area contributed by atoms with Gasteiger partial charge in [0.1, 0.15) is 11.3 Å². The van der Waals surface area contributed by atoms with E-state index in [1.165, 1.54) is 48.7 Å². The van der Waals surface area contributed by atoms with Gasteiger partial charge in [-0.05, 0) is 80.2 Å². The van der Waals surface area contributed by atoms with Gasteiger partial charge in [0.25, 0.3) is 5.91 Å². The fourth-order valence-corrected chi connectivity index (χ4v) is 7.60. The Kier molecular flexibility index (Phi) is 6.07. The molecule has 4 aromatic rings. The second-order valence-corrected chi connectivity index (χ2v) is 13.5. The van der Waals surface area contributed by atoms with E-state index in [1.54, 1.807) is 7.11 Å². The molecule has 2 N–H and O–H groups in total. The van der Waals surface area contributed by atoms with E-state index in [1.807, 2.05) is 17.0 Å². The summed E-state index contributed by atoms with van der Waals surface area (Å²) in [6.07, 6.45) is 8.75. The van der Waals surface area contributed by atoms with E-state index in [0.29, 0.717) is 23.1 Å². The summed E-state index contributed by atoms with van der Waals surface area (Å²) in [7, 11) is 5.95. The van der Waals surface area contributed by atoms with Crippen LogP contribution >= 0.6 is 0 Å². The van der Waals surface area contributed by atoms with Crippen molar-refractivity contribution >= 4 is 33.5 Å². The Hall–Kier alpha value is -3.52. The first-order chi connectivity index (χ1) is 20.4. The zero-order valence-electron chi connectivity index (χ0n) is 25.1. The Bertz CT molecular complexity index is 1700. The highest BCUT2D eigenvalue weighted by Gasteiger charge is 2.47. The molecule has 220 valence electrons. The van der Waals surface area contributed by atoms with Gasteiger partial charge >= 0.3 is 0 Å². The van der Waals surface area contributed by atoms with Crippen LogP contribution in [0.4, 0.5) is 5.69 Å². The average molecular weight is 567 g/mol. The number of piperidine rings is 1. The molecule has 3 aliphatic carbocycles. The number of hydrogen-bond donors (Lipinski definition) is 1. The molecule has 4 fully saturated rings. The molecule has 3 saturated carbocycles. The van der Waals surface area contributed by atoms with Crippen molar-refractivity contribution in [2.24, 2.45) is 30.5 Å². The average Bonchev–Trinajstić information content (AvgIpc) is 3.90. The number of nitrogens with zero attached hydrogens (tertiary/aromatic N) is 5. The number of anilines is 1. The Morgan fingerprint density at radius 3 is 2.57 bits per heavy atom. The molecule has 8 heteroatoms. The molecule has 2 bridgehead atoms. The van der Waals surface area contributed by atoms with E-state index in [0.717, 1.165) is 60.9 Å². The third-order valence-corrected chi connectivity index (χ3v) is 10.6. The second kappa shape index (κ2) is 9.76. The molecular weight excluding hydrogens is 524 g/mol. The number of amides is 1. The minimum absolute atomic E-state index is 0.0336. The van der Waals surface area contributed by atoms with Crippen molar-refractivity contribution in [2.75, 3.05) is 32.1 Å². The van der Waals surface area contributed by atoms with Crippen molar-refractivity contribution in [1.82, 2.24) is 19.0 Å². The van der Waals surface area contributed by atoms with Gasteiger partial charge in [0, 0.05) is 62.5 Å². The maximum Gasteiger partial charge on any atom is 0.254 e. The van der Waals surface area contributed by atoms with E-state index in [9.17, 15) is 4.79 Å². The number of fused-ring (bicyclic) bond motifs is 4. The molecule has 0 unspecified atom stereocenters. The van der Waals surface area contributed by atoms with Crippen LogP contribution in [0.1, 0.15) is 55.3 Å².